The third-order valence-corrected chi connectivity index (χ3v) is 3.34. The molecule has 0 radical (unpaired) electrons. The van der Waals surface area contributed by atoms with E-state index in [4.69, 9.17) is 4.74 Å². The number of nitrogens with zero attached hydrogens (tertiary/aromatic N) is 1. The van der Waals surface area contributed by atoms with Gasteiger partial charge in [0.1, 0.15) is 12.4 Å². The average Bonchev–Trinajstić information content (AvgIpc) is 2.92. The summed E-state index contributed by atoms with van der Waals surface area (Å²) in [6.45, 7) is 3.19. The highest BCUT2D eigenvalue weighted by molar-refractivity contribution is 5.93. The number of hydrogen-bond acceptors (Lipinski definition) is 4. The van der Waals surface area contributed by atoms with Crippen LogP contribution in [0, 0.1) is 5.92 Å². The lowest BCUT2D eigenvalue weighted by Crippen LogP contribution is -2.24. The van der Waals surface area contributed by atoms with Gasteiger partial charge < -0.3 is 20.3 Å². The van der Waals surface area contributed by atoms with Crippen LogP contribution in [0.25, 0.3) is 0 Å². The number of ether oxygens (including phenoxy) is 1. The van der Waals surface area contributed by atoms with Crippen molar-refractivity contribution in [2.24, 2.45) is 5.92 Å². The van der Waals surface area contributed by atoms with Gasteiger partial charge in [0.05, 0.1) is 5.92 Å². The predicted octanol–water partition coefficient (Wildman–Crippen LogP) is 2.02. The Morgan fingerprint density at radius 3 is 2.82 bits per heavy atom. The van der Waals surface area contributed by atoms with E-state index in [0.29, 0.717) is 6.61 Å². The van der Waals surface area contributed by atoms with E-state index in [-0.39, 0.29) is 36.6 Å². The molecule has 1 aliphatic heterocycles. The summed E-state index contributed by atoms with van der Waals surface area (Å²) in [6.07, 6.45) is 0.908. The zero-order valence-corrected chi connectivity index (χ0v) is 14.6. The van der Waals surface area contributed by atoms with Crippen molar-refractivity contribution in [3.8, 4) is 5.75 Å². The van der Waals surface area contributed by atoms with Crippen LogP contribution in [0.1, 0.15) is 6.42 Å². The zero-order valence-electron chi connectivity index (χ0n) is 13.0. The Kier molecular flexibility index (Phi) is 10.2. The Morgan fingerprint density at radius 2 is 2.18 bits per heavy atom. The van der Waals surface area contributed by atoms with E-state index in [1.807, 2.05) is 38.4 Å². The third-order valence-electron chi connectivity index (χ3n) is 3.34. The summed E-state index contributed by atoms with van der Waals surface area (Å²) < 4.78 is 5.66. The fourth-order valence-electron chi connectivity index (χ4n) is 2.13. The van der Waals surface area contributed by atoms with Crippen molar-refractivity contribution in [3.05, 3.63) is 24.3 Å². The summed E-state index contributed by atoms with van der Waals surface area (Å²) in [5.41, 5.74) is 0.796. The number of nitrogens with one attached hydrogen (secondary N) is 2. The lowest BCUT2D eigenvalue weighted by molar-refractivity contribution is -0.119. The number of carbonyl (C=O) groups is 1. The molecule has 5 nitrogen and oxygen atoms in total. The van der Waals surface area contributed by atoms with Crippen molar-refractivity contribution in [2.75, 3.05) is 45.7 Å². The molecule has 1 unspecified atom stereocenters. The number of anilines is 1. The molecule has 22 heavy (non-hydrogen) atoms. The molecular weight excluding hydrogens is 325 g/mol. The molecule has 2 N–H and O–H groups in total. The molecule has 1 aromatic carbocycles. The Balaban J connectivity index is 0.00000220. The molecule has 0 saturated carbocycles. The van der Waals surface area contributed by atoms with Crippen LogP contribution in [-0.2, 0) is 4.79 Å². The molecule has 0 spiro atoms. The maximum Gasteiger partial charge on any atom is 0.228 e. The van der Waals surface area contributed by atoms with E-state index in [9.17, 15) is 4.79 Å². The summed E-state index contributed by atoms with van der Waals surface area (Å²) in [7, 11) is 4.02. The first-order valence-electron chi connectivity index (χ1n) is 7.04. The summed E-state index contributed by atoms with van der Waals surface area (Å²) in [5, 5.41) is 6.15. The Morgan fingerprint density at radius 1 is 1.41 bits per heavy atom. The second-order valence-electron chi connectivity index (χ2n) is 5.36. The monoisotopic (exact) mass is 349 g/mol. The minimum Gasteiger partial charge on any atom is -0.492 e. The maximum absolute atomic E-state index is 12.0. The van der Waals surface area contributed by atoms with Gasteiger partial charge in [0.15, 0.2) is 0 Å². The standard InChI is InChI=1S/C15H23N3O2.2ClH/c1-18(2)8-9-20-14-5-3-4-13(10-14)17-15(19)12-6-7-16-11-12;;/h3-5,10,12,16H,6-9,11H2,1-2H3,(H,17,19);2*1H. The van der Waals surface area contributed by atoms with E-state index in [1.54, 1.807) is 0 Å². The summed E-state index contributed by atoms with van der Waals surface area (Å²) >= 11 is 0. The van der Waals surface area contributed by atoms with Crippen LogP contribution in [0.15, 0.2) is 24.3 Å². The van der Waals surface area contributed by atoms with Gasteiger partial charge in [-0.25, -0.2) is 0 Å². The number of hydrogen-bond donors (Lipinski definition) is 2. The van der Waals surface area contributed by atoms with Crippen molar-refractivity contribution < 1.29 is 9.53 Å². The average molecular weight is 350 g/mol. The molecule has 7 heteroatoms. The van der Waals surface area contributed by atoms with Crippen molar-refractivity contribution >= 4 is 36.4 Å². The molecule has 2 rings (SSSR count). The fourth-order valence-corrected chi connectivity index (χ4v) is 2.13. The molecule has 1 saturated heterocycles. The molecule has 0 aromatic heterocycles. The first-order chi connectivity index (χ1) is 9.65. The molecular formula is C15H25Cl2N3O2. The fraction of sp³-hybridized carbons (Fsp3) is 0.533. The van der Waals surface area contributed by atoms with Crippen LogP contribution in [0.4, 0.5) is 5.69 Å². The molecule has 1 aromatic rings. The molecule has 1 fully saturated rings. The largest absolute Gasteiger partial charge is 0.492 e. The van der Waals surface area contributed by atoms with E-state index < -0.39 is 0 Å². The van der Waals surface area contributed by atoms with E-state index >= 15 is 0 Å². The van der Waals surface area contributed by atoms with Gasteiger partial charge in [0.2, 0.25) is 5.91 Å². The van der Waals surface area contributed by atoms with Gasteiger partial charge in [-0.1, -0.05) is 6.07 Å². The number of halogens is 2. The van der Waals surface area contributed by atoms with Crippen molar-refractivity contribution in [1.82, 2.24) is 10.2 Å². The topological polar surface area (TPSA) is 53.6 Å². The van der Waals surface area contributed by atoms with Crippen LogP contribution >= 0.6 is 24.8 Å². The predicted molar refractivity (Wildman–Crippen MR) is 94.6 cm³/mol. The van der Waals surface area contributed by atoms with Gasteiger partial charge in [-0.15, -0.1) is 24.8 Å². The first-order valence-corrected chi connectivity index (χ1v) is 7.04. The molecule has 1 atom stereocenters. The van der Waals surface area contributed by atoms with E-state index in [0.717, 1.165) is 37.5 Å². The second-order valence-corrected chi connectivity index (χ2v) is 5.36. The SMILES string of the molecule is CN(C)CCOc1cccc(NC(=O)C2CCNC2)c1.Cl.Cl. The molecule has 126 valence electrons. The number of rotatable bonds is 6. The van der Waals surface area contributed by atoms with E-state index in [2.05, 4.69) is 15.5 Å². The normalized spacial score (nSPS) is 16.6. The Hall–Kier alpha value is -1.01. The maximum atomic E-state index is 12.0. The highest BCUT2D eigenvalue weighted by Gasteiger charge is 2.22. The molecule has 1 amide bonds. The number of likely N-dealkylation sites (N-methyl/N-ethyl adjacent to an activating group) is 1. The zero-order chi connectivity index (χ0) is 14.4. The number of benzene rings is 1. The van der Waals surface area contributed by atoms with Crippen molar-refractivity contribution in [3.63, 3.8) is 0 Å². The summed E-state index contributed by atoms with van der Waals surface area (Å²) in [5.74, 6) is 0.947. The van der Waals surface area contributed by atoms with Crippen LogP contribution in [-0.4, -0.2) is 51.1 Å². The van der Waals surface area contributed by atoms with Gasteiger partial charge in [-0.2, -0.15) is 0 Å². The number of amides is 1. The summed E-state index contributed by atoms with van der Waals surface area (Å²) in [6, 6.07) is 7.56. The summed E-state index contributed by atoms with van der Waals surface area (Å²) in [4.78, 5) is 14.1. The third kappa shape index (κ3) is 6.83. The number of carbonyl (C=O) groups excluding carboxylic acids is 1. The quantitative estimate of drug-likeness (QED) is 0.824. The molecule has 1 aliphatic rings. The minimum atomic E-state index is 0. The molecule has 1 heterocycles. The van der Waals surface area contributed by atoms with Crippen molar-refractivity contribution in [1.29, 1.82) is 0 Å². The highest BCUT2D eigenvalue weighted by atomic mass is 35.5. The van der Waals surface area contributed by atoms with Crippen LogP contribution in [0.5, 0.6) is 5.75 Å². The Labute approximate surface area is 144 Å². The first kappa shape index (κ1) is 21.0. The minimum absolute atomic E-state index is 0. The van der Waals surface area contributed by atoms with Gasteiger partial charge in [-0.05, 0) is 39.2 Å². The van der Waals surface area contributed by atoms with Crippen LogP contribution < -0.4 is 15.4 Å². The second kappa shape index (κ2) is 10.7. The molecule has 0 bridgehead atoms. The van der Waals surface area contributed by atoms with E-state index in [1.165, 1.54) is 0 Å². The Bertz CT molecular complexity index is 452. The van der Waals surface area contributed by atoms with Gasteiger partial charge >= 0.3 is 0 Å². The van der Waals surface area contributed by atoms with Gasteiger partial charge in [-0.3, -0.25) is 4.79 Å². The lowest BCUT2D eigenvalue weighted by Gasteiger charge is -2.13. The van der Waals surface area contributed by atoms with Crippen LogP contribution in [0.2, 0.25) is 0 Å². The highest BCUT2D eigenvalue weighted by Crippen LogP contribution is 2.19. The van der Waals surface area contributed by atoms with Gasteiger partial charge in [0.25, 0.3) is 0 Å². The molecule has 0 aliphatic carbocycles. The smallest absolute Gasteiger partial charge is 0.228 e. The van der Waals surface area contributed by atoms with Crippen molar-refractivity contribution in [2.45, 2.75) is 6.42 Å². The van der Waals surface area contributed by atoms with Crippen LogP contribution in [0.3, 0.4) is 0 Å². The van der Waals surface area contributed by atoms with Gasteiger partial charge in [0, 0.05) is 24.8 Å². The lowest BCUT2D eigenvalue weighted by atomic mass is 10.1.